The zero-order valence-corrected chi connectivity index (χ0v) is 9.18. The summed E-state index contributed by atoms with van der Waals surface area (Å²) in [5.41, 5.74) is 1.10. The number of hydrogen-bond donors (Lipinski definition) is 0. The third kappa shape index (κ3) is 3.94. The van der Waals surface area contributed by atoms with E-state index in [1.165, 1.54) is 0 Å². The summed E-state index contributed by atoms with van der Waals surface area (Å²) in [4.78, 5) is 8.16. The summed E-state index contributed by atoms with van der Waals surface area (Å²) in [6, 6.07) is 7.90. The van der Waals surface area contributed by atoms with E-state index in [1.54, 1.807) is 14.2 Å². The molecule has 1 aromatic rings. The van der Waals surface area contributed by atoms with Gasteiger partial charge in [0.05, 0.1) is 13.7 Å². The predicted molar refractivity (Wildman–Crippen MR) is 64.2 cm³/mol. The normalized spacial score (nSPS) is 11.3. The molecule has 0 fully saturated rings. The zero-order valence-electron chi connectivity index (χ0n) is 9.18. The summed E-state index contributed by atoms with van der Waals surface area (Å²) in [5.74, 6) is 0.888. The van der Waals surface area contributed by atoms with E-state index in [0.29, 0.717) is 6.54 Å². The molecule has 15 heavy (non-hydrogen) atoms. The Bertz CT molecular complexity index is 345. The molecular weight excluding hydrogens is 188 g/mol. The van der Waals surface area contributed by atoms with Gasteiger partial charge in [-0.25, -0.2) is 0 Å². The van der Waals surface area contributed by atoms with Gasteiger partial charge in [0, 0.05) is 31.5 Å². The molecular formula is C12H16N2O. The second kappa shape index (κ2) is 6.76. The van der Waals surface area contributed by atoms with Gasteiger partial charge in [0.2, 0.25) is 0 Å². The lowest BCUT2D eigenvalue weighted by Crippen LogP contribution is -1.90. The minimum Gasteiger partial charge on any atom is -0.496 e. The molecule has 0 radical (unpaired) electrons. The molecule has 80 valence electrons. The topological polar surface area (TPSA) is 34.0 Å². The molecule has 0 spiro atoms. The molecule has 3 heteroatoms. The SMILES string of the molecule is CN=CCC=NCc1ccccc1OC. The van der Waals surface area contributed by atoms with Crippen LogP contribution in [-0.2, 0) is 6.54 Å². The van der Waals surface area contributed by atoms with E-state index in [9.17, 15) is 0 Å². The van der Waals surface area contributed by atoms with Crippen molar-refractivity contribution in [2.24, 2.45) is 9.98 Å². The molecule has 0 heterocycles. The van der Waals surface area contributed by atoms with Crippen LogP contribution in [0.1, 0.15) is 12.0 Å². The van der Waals surface area contributed by atoms with Crippen LogP contribution in [0.25, 0.3) is 0 Å². The van der Waals surface area contributed by atoms with Gasteiger partial charge in [0.1, 0.15) is 5.75 Å². The summed E-state index contributed by atoms with van der Waals surface area (Å²) >= 11 is 0. The molecule has 0 N–H and O–H groups in total. The Morgan fingerprint density at radius 1 is 1.27 bits per heavy atom. The summed E-state index contributed by atoms with van der Waals surface area (Å²) in [5, 5.41) is 0. The van der Waals surface area contributed by atoms with Gasteiger partial charge in [-0.3, -0.25) is 4.99 Å². The maximum atomic E-state index is 5.22. The van der Waals surface area contributed by atoms with E-state index < -0.39 is 0 Å². The van der Waals surface area contributed by atoms with Crippen molar-refractivity contribution in [3.63, 3.8) is 0 Å². The summed E-state index contributed by atoms with van der Waals surface area (Å²) < 4.78 is 5.22. The molecule has 0 atom stereocenters. The highest BCUT2D eigenvalue weighted by Crippen LogP contribution is 2.17. The van der Waals surface area contributed by atoms with Crippen LogP contribution >= 0.6 is 0 Å². The Kier molecular flexibility index (Phi) is 5.15. The van der Waals surface area contributed by atoms with Crippen molar-refractivity contribution < 1.29 is 4.74 Å². The number of nitrogens with zero attached hydrogens (tertiary/aromatic N) is 2. The number of methoxy groups -OCH3 is 1. The molecule has 3 nitrogen and oxygen atoms in total. The van der Waals surface area contributed by atoms with Crippen LogP contribution in [0.5, 0.6) is 5.75 Å². The van der Waals surface area contributed by atoms with E-state index >= 15 is 0 Å². The van der Waals surface area contributed by atoms with Crippen LogP contribution in [0.15, 0.2) is 34.3 Å². The number of aliphatic imine (C=N–C) groups is 2. The van der Waals surface area contributed by atoms with Crippen LogP contribution < -0.4 is 4.74 Å². The predicted octanol–water partition coefficient (Wildman–Crippen LogP) is 2.36. The molecule has 0 aliphatic carbocycles. The standard InChI is InChI=1S/C12H16N2O/c1-13-8-5-9-14-10-11-6-3-4-7-12(11)15-2/h3-4,6-9H,5,10H2,1-2H3. The number of benzene rings is 1. The van der Waals surface area contributed by atoms with E-state index in [1.807, 2.05) is 36.7 Å². The number of rotatable bonds is 5. The fourth-order valence-electron chi connectivity index (χ4n) is 1.22. The first-order valence-corrected chi connectivity index (χ1v) is 4.89. The largest absolute Gasteiger partial charge is 0.496 e. The molecule has 0 saturated carbocycles. The third-order valence-corrected chi connectivity index (χ3v) is 1.98. The average Bonchev–Trinajstić information content (AvgIpc) is 2.29. The van der Waals surface area contributed by atoms with Gasteiger partial charge in [0.15, 0.2) is 0 Å². The zero-order chi connectivity index (χ0) is 10.9. The first-order valence-electron chi connectivity index (χ1n) is 4.89. The molecule has 0 bridgehead atoms. The number of ether oxygens (including phenoxy) is 1. The van der Waals surface area contributed by atoms with Gasteiger partial charge in [-0.05, 0) is 6.07 Å². The highest BCUT2D eigenvalue weighted by molar-refractivity contribution is 5.79. The van der Waals surface area contributed by atoms with Crippen LogP contribution in [-0.4, -0.2) is 26.6 Å². The second-order valence-electron chi connectivity index (χ2n) is 3.01. The quantitative estimate of drug-likeness (QED) is 0.678. The van der Waals surface area contributed by atoms with E-state index in [2.05, 4.69) is 9.98 Å². The highest BCUT2D eigenvalue weighted by atomic mass is 16.5. The minimum atomic E-state index is 0.654. The van der Waals surface area contributed by atoms with E-state index in [0.717, 1.165) is 17.7 Å². The van der Waals surface area contributed by atoms with Crippen LogP contribution in [0.2, 0.25) is 0 Å². The monoisotopic (exact) mass is 204 g/mol. The molecule has 0 aromatic heterocycles. The first-order chi connectivity index (χ1) is 7.38. The lowest BCUT2D eigenvalue weighted by Gasteiger charge is -2.04. The molecule has 1 aromatic carbocycles. The summed E-state index contributed by atoms with van der Waals surface area (Å²) in [7, 11) is 3.43. The fraction of sp³-hybridized carbons (Fsp3) is 0.333. The van der Waals surface area contributed by atoms with Gasteiger partial charge in [-0.15, -0.1) is 0 Å². The first kappa shape index (κ1) is 11.4. The Labute approximate surface area is 90.5 Å². The molecule has 0 unspecified atom stereocenters. The fourth-order valence-corrected chi connectivity index (χ4v) is 1.22. The smallest absolute Gasteiger partial charge is 0.123 e. The summed E-state index contributed by atoms with van der Waals surface area (Å²) in [6.45, 7) is 0.654. The molecule has 1 rings (SSSR count). The molecule has 0 aliphatic rings. The lowest BCUT2D eigenvalue weighted by molar-refractivity contribution is 0.410. The van der Waals surface area contributed by atoms with E-state index in [-0.39, 0.29) is 0 Å². The van der Waals surface area contributed by atoms with Gasteiger partial charge < -0.3 is 9.73 Å². The third-order valence-electron chi connectivity index (χ3n) is 1.98. The molecule has 0 saturated heterocycles. The van der Waals surface area contributed by atoms with Crippen LogP contribution in [0.4, 0.5) is 0 Å². The van der Waals surface area contributed by atoms with Crippen molar-refractivity contribution in [3.05, 3.63) is 29.8 Å². The van der Waals surface area contributed by atoms with Crippen molar-refractivity contribution in [1.29, 1.82) is 0 Å². The van der Waals surface area contributed by atoms with Gasteiger partial charge in [0.25, 0.3) is 0 Å². The van der Waals surface area contributed by atoms with Crippen LogP contribution in [0, 0.1) is 0 Å². The Morgan fingerprint density at radius 3 is 2.80 bits per heavy atom. The second-order valence-corrected chi connectivity index (χ2v) is 3.01. The molecule has 0 amide bonds. The maximum Gasteiger partial charge on any atom is 0.123 e. The Hall–Kier alpha value is -1.64. The lowest BCUT2D eigenvalue weighted by atomic mass is 10.2. The maximum absolute atomic E-state index is 5.22. The van der Waals surface area contributed by atoms with Gasteiger partial charge >= 0.3 is 0 Å². The van der Waals surface area contributed by atoms with Gasteiger partial charge in [-0.1, -0.05) is 18.2 Å². The Morgan fingerprint density at radius 2 is 2.07 bits per heavy atom. The Balaban J connectivity index is 2.53. The number of para-hydroxylation sites is 1. The van der Waals surface area contributed by atoms with Crippen LogP contribution in [0.3, 0.4) is 0 Å². The summed E-state index contributed by atoms with van der Waals surface area (Å²) in [6.07, 6.45) is 4.47. The average molecular weight is 204 g/mol. The minimum absolute atomic E-state index is 0.654. The highest BCUT2D eigenvalue weighted by Gasteiger charge is 1.98. The van der Waals surface area contributed by atoms with Crippen molar-refractivity contribution in [1.82, 2.24) is 0 Å². The number of hydrogen-bond acceptors (Lipinski definition) is 3. The molecule has 0 aliphatic heterocycles. The van der Waals surface area contributed by atoms with Gasteiger partial charge in [-0.2, -0.15) is 0 Å². The van der Waals surface area contributed by atoms with Crippen molar-refractivity contribution in [3.8, 4) is 5.75 Å². The van der Waals surface area contributed by atoms with Crippen molar-refractivity contribution in [2.75, 3.05) is 14.2 Å². The van der Waals surface area contributed by atoms with Crippen molar-refractivity contribution >= 4 is 12.4 Å². The van der Waals surface area contributed by atoms with E-state index in [4.69, 9.17) is 4.74 Å². The van der Waals surface area contributed by atoms with Crippen molar-refractivity contribution in [2.45, 2.75) is 13.0 Å².